The van der Waals surface area contributed by atoms with Gasteiger partial charge < -0.3 is 0 Å². The molecule has 3 unspecified atom stereocenters. The Morgan fingerprint density at radius 2 is 1.21 bits per heavy atom. The quantitative estimate of drug-likeness (QED) is 0.157. The summed E-state index contributed by atoms with van der Waals surface area (Å²) in [5, 5.41) is 0. The molecule has 0 radical (unpaired) electrons. The van der Waals surface area contributed by atoms with Gasteiger partial charge >= 0.3 is 302 Å². The molecule has 3 atom stereocenters. The van der Waals surface area contributed by atoms with Crippen molar-refractivity contribution in [3.8, 4) is 22.3 Å². The van der Waals surface area contributed by atoms with Gasteiger partial charge in [-0.2, -0.15) is 0 Å². The van der Waals surface area contributed by atoms with Crippen molar-refractivity contribution in [3.63, 3.8) is 0 Å². The molecule has 4 aromatic carbocycles. The summed E-state index contributed by atoms with van der Waals surface area (Å²) in [5.74, 6) is -0.727. The number of hydrogen-bond donors (Lipinski definition) is 0. The van der Waals surface area contributed by atoms with Crippen molar-refractivity contribution in [1.82, 2.24) is 0 Å². The minimum atomic E-state index is -4.83. The predicted molar refractivity (Wildman–Crippen MR) is 214 cm³/mol. The molecule has 0 nitrogen and oxygen atoms in total. The average molecular weight is 772 g/mol. The Hall–Kier alpha value is -1.96. The van der Waals surface area contributed by atoms with Crippen LogP contribution in [0.1, 0.15) is 108 Å². The molecule has 4 aromatic rings. The van der Waals surface area contributed by atoms with Crippen LogP contribution in [0.2, 0.25) is 13.1 Å². The molecular weight excluding hydrogens is 719 g/mol. The Bertz CT molecular complexity index is 1910. The Morgan fingerprint density at radius 3 is 1.69 bits per heavy atom. The van der Waals surface area contributed by atoms with Crippen LogP contribution in [0, 0.1) is 5.92 Å². The van der Waals surface area contributed by atoms with E-state index in [-0.39, 0.29) is 12.7 Å². The second-order valence-electron chi connectivity index (χ2n) is 16.3. The fraction of sp³-hybridized carbons (Fsp3) is 0.364. The minimum absolute atomic E-state index is 0.0858. The molecule has 0 aromatic heterocycles. The third kappa shape index (κ3) is 5.86. The van der Waals surface area contributed by atoms with E-state index in [9.17, 15) is 0 Å². The molecule has 6 rings (SSSR count). The Morgan fingerprint density at radius 1 is 0.708 bits per heavy atom. The van der Waals surface area contributed by atoms with E-state index in [0.29, 0.717) is 11.8 Å². The molecule has 2 aliphatic rings. The first kappa shape index (κ1) is 35.9. The second kappa shape index (κ2) is 13.0. The van der Waals surface area contributed by atoms with Gasteiger partial charge in [0.2, 0.25) is 0 Å². The van der Waals surface area contributed by atoms with Gasteiger partial charge in [0.15, 0.2) is 0 Å². The van der Waals surface area contributed by atoms with Crippen molar-refractivity contribution >= 4 is 35.1 Å². The van der Waals surface area contributed by atoms with E-state index in [1.807, 2.05) is 0 Å². The molecule has 0 heterocycles. The number of rotatable bonds is 8. The fourth-order valence-corrected chi connectivity index (χ4v) is 40.6. The number of benzene rings is 4. The molecular formula is C44H53Cl2SiZr. The normalized spacial score (nSPS) is 19.1. The average Bonchev–Trinajstić information content (AvgIpc) is 3.63. The van der Waals surface area contributed by atoms with E-state index >= 15 is 0 Å². The van der Waals surface area contributed by atoms with Crippen LogP contribution < -0.4 is 0 Å². The van der Waals surface area contributed by atoms with Gasteiger partial charge in [0.1, 0.15) is 0 Å². The van der Waals surface area contributed by atoms with Crippen LogP contribution in [0.5, 0.6) is 0 Å². The zero-order chi connectivity index (χ0) is 34.8. The van der Waals surface area contributed by atoms with Crippen molar-refractivity contribution in [3.05, 3.63) is 129 Å². The van der Waals surface area contributed by atoms with Crippen LogP contribution in [-0.4, -0.2) is 5.92 Å². The monoisotopic (exact) mass is 769 g/mol. The summed E-state index contributed by atoms with van der Waals surface area (Å²) in [4.78, 5) is 0. The van der Waals surface area contributed by atoms with Crippen molar-refractivity contribution in [1.29, 1.82) is 0 Å². The molecule has 251 valence electrons. The summed E-state index contributed by atoms with van der Waals surface area (Å²) >= 11 is -4.83. The van der Waals surface area contributed by atoms with Crippen molar-refractivity contribution < 1.29 is 15.6 Å². The van der Waals surface area contributed by atoms with E-state index in [1.165, 1.54) is 66.8 Å². The van der Waals surface area contributed by atoms with Gasteiger partial charge in [-0.15, -0.1) is 0 Å². The predicted octanol–water partition coefficient (Wildman–Crippen LogP) is 14.1. The Kier molecular flexibility index (Phi) is 9.69. The number of fused-ring (bicyclic) bond motifs is 2. The molecule has 0 amide bonds. The first-order valence-corrected chi connectivity index (χ1v) is 34.3. The standard InChI is InChI=1S/C22H25.C20H21.C2H7Si.2ClH.Zr/c1-5-16(4)20-13-19-7-6-8-21(22(19)14-20)18-11-9-17(10-12-18)15(2)3;1-14-12-16-6-5-7-18(19(16)13-14)15-8-10-17(11-9-15)20(2,3)4;1-3-2;;;/h6-16H,5H2,1-4H3;5-13H,1-4H3;3H,1-2H3;2*1H;/q;;;;;+2/p-2. The van der Waals surface area contributed by atoms with Gasteiger partial charge in [0.05, 0.1) is 0 Å². The van der Waals surface area contributed by atoms with Gasteiger partial charge in [-0.3, -0.25) is 0 Å². The summed E-state index contributed by atoms with van der Waals surface area (Å²) in [6, 6.07) is 32.1. The van der Waals surface area contributed by atoms with E-state index in [0.717, 1.165) is 6.42 Å². The SMILES string of the molecule is CCC(C)C1=Cc2c(-c3ccc(C(C)C)cc3)cccc2[CH]1[Zr]([Cl])([Cl])([CH]1C(C)=Cc2c(-c3ccc(C(C)(C)C)cc3)cccc21)[SiH](C)C. The first-order valence-electron chi connectivity index (χ1n) is 18.0. The topological polar surface area (TPSA) is 0 Å². The molecule has 0 aliphatic heterocycles. The van der Waals surface area contributed by atoms with Crippen molar-refractivity contribution in [2.24, 2.45) is 5.92 Å². The summed E-state index contributed by atoms with van der Waals surface area (Å²) in [5.41, 5.74) is 16.1. The van der Waals surface area contributed by atoms with E-state index in [4.69, 9.17) is 17.0 Å². The van der Waals surface area contributed by atoms with Crippen molar-refractivity contribution in [2.45, 2.75) is 93.5 Å². The van der Waals surface area contributed by atoms with E-state index < -0.39 is 21.5 Å². The third-order valence-corrected chi connectivity index (χ3v) is 63.7. The Labute approximate surface area is 299 Å². The molecule has 4 heteroatoms. The van der Waals surface area contributed by atoms with Gasteiger partial charge in [-0.05, 0) is 0 Å². The third-order valence-electron chi connectivity index (χ3n) is 11.7. The molecule has 0 saturated heterocycles. The summed E-state index contributed by atoms with van der Waals surface area (Å²) < 4.78 is 0.179. The molecule has 0 spiro atoms. The van der Waals surface area contributed by atoms with E-state index in [2.05, 4.69) is 166 Å². The van der Waals surface area contributed by atoms with Crippen LogP contribution >= 0.6 is 17.0 Å². The van der Waals surface area contributed by atoms with Gasteiger partial charge in [0.25, 0.3) is 0 Å². The molecule has 48 heavy (non-hydrogen) atoms. The number of allylic oxidation sites excluding steroid dienone is 2. The zero-order valence-corrected chi connectivity index (χ0v) is 35.7. The Balaban J connectivity index is 1.53. The fourth-order valence-electron chi connectivity index (χ4n) is 8.52. The molecule has 0 bridgehead atoms. The van der Waals surface area contributed by atoms with Crippen LogP contribution in [0.4, 0.5) is 0 Å². The summed E-state index contributed by atoms with van der Waals surface area (Å²) in [6.07, 6.45) is 6.01. The van der Waals surface area contributed by atoms with Crippen LogP contribution in [0.3, 0.4) is 0 Å². The summed E-state index contributed by atoms with van der Waals surface area (Å²) in [6.45, 7) is 23.2. The van der Waals surface area contributed by atoms with Crippen LogP contribution in [0.15, 0.2) is 96.1 Å². The second-order valence-corrected chi connectivity index (χ2v) is 58.8. The van der Waals surface area contributed by atoms with Gasteiger partial charge in [0, 0.05) is 0 Å². The van der Waals surface area contributed by atoms with Crippen LogP contribution in [0.25, 0.3) is 34.4 Å². The molecule has 0 saturated carbocycles. The van der Waals surface area contributed by atoms with E-state index in [1.54, 1.807) is 0 Å². The van der Waals surface area contributed by atoms with Gasteiger partial charge in [-0.25, -0.2) is 0 Å². The zero-order valence-electron chi connectivity index (χ0n) is 30.6. The maximum absolute atomic E-state index is 8.67. The van der Waals surface area contributed by atoms with Crippen molar-refractivity contribution in [2.75, 3.05) is 0 Å². The first-order chi connectivity index (χ1) is 22.6. The molecule has 2 aliphatic carbocycles. The summed E-state index contributed by atoms with van der Waals surface area (Å²) in [7, 11) is 17.3. The number of hydrogen-bond acceptors (Lipinski definition) is 0. The maximum atomic E-state index is 8.67. The molecule has 0 fully saturated rings. The number of halogens is 2. The van der Waals surface area contributed by atoms with Crippen LogP contribution in [-0.2, 0) is 21.0 Å². The molecule has 0 N–H and O–H groups in total. The van der Waals surface area contributed by atoms with Gasteiger partial charge in [-0.1, -0.05) is 0 Å².